The van der Waals surface area contributed by atoms with Gasteiger partial charge < -0.3 is 43.8 Å². The molecule has 2 saturated heterocycles. The summed E-state index contributed by atoms with van der Waals surface area (Å²) in [6, 6.07) is -2.01. The summed E-state index contributed by atoms with van der Waals surface area (Å²) in [5.41, 5.74) is -0.0582. The molecule has 0 aromatic carbocycles. The molecular weight excluding hydrogens is 520 g/mol. The van der Waals surface area contributed by atoms with Crippen molar-refractivity contribution < 1.29 is 57.1 Å². The molecule has 0 saturated carbocycles. The molecule has 2 aliphatic rings. The van der Waals surface area contributed by atoms with Gasteiger partial charge in [0.1, 0.15) is 18.8 Å². The van der Waals surface area contributed by atoms with E-state index >= 15 is 0 Å². The van der Waals surface area contributed by atoms with Crippen LogP contribution in [0.4, 0.5) is 0 Å². The highest BCUT2D eigenvalue weighted by atomic mass is 16.7. The summed E-state index contributed by atoms with van der Waals surface area (Å²) in [5.74, 6) is -3.43. The fourth-order valence-electron chi connectivity index (χ4n) is 4.01. The van der Waals surface area contributed by atoms with E-state index in [9.17, 15) is 24.0 Å². The molecule has 0 unspecified atom stereocenters. The van der Waals surface area contributed by atoms with Crippen molar-refractivity contribution >= 4 is 29.8 Å². The molecule has 14 heteroatoms. The molecule has 0 aromatic rings. The van der Waals surface area contributed by atoms with Crippen LogP contribution in [0.25, 0.3) is 0 Å². The first kappa shape index (κ1) is 32.4. The maximum atomic E-state index is 13.1. The van der Waals surface area contributed by atoms with Gasteiger partial charge in [0.15, 0.2) is 18.5 Å². The Kier molecular flexibility index (Phi) is 12.1. The van der Waals surface area contributed by atoms with E-state index in [-0.39, 0.29) is 5.41 Å². The molecule has 0 aromatic heterocycles. The molecule has 2 rings (SSSR count). The van der Waals surface area contributed by atoms with E-state index in [1.54, 1.807) is 6.92 Å². The van der Waals surface area contributed by atoms with Crippen molar-refractivity contribution in [3.63, 3.8) is 0 Å². The quantitative estimate of drug-likeness (QED) is 0.255. The molecule has 0 spiro atoms. The summed E-state index contributed by atoms with van der Waals surface area (Å²) in [4.78, 5) is 60.2. The molecule has 14 nitrogen and oxygen atoms in total. The molecule has 0 radical (unpaired) electrons. The largest absolute Gasteiger partial charge is 0.463 e. The maximum absolute atomic E-state index is 13.1. The Hall–Kier alpha value is -2.81. The van der Waals surface area contributed by atoms with Crippen molar-refractivity contribution in [2.24, 2.45) is 5.41 Å². The fraction of sp³-hybridized carbons (Fsp3) is 0.800. The van der Waals surface area contributed by atoms with Crippen molar-refractivity contribution in [1.82, 2.24) is 10.6 Å². The first-order valence-electron chi connectivity index (χ1n) is 12.8. The zero-order valence-electron chi connectivity index (χ0n) is 23.5. The van der Waals surface area contributed by atoms with Crippen molar-refractivity contribution in [2.75, 3.05) is 26.4 Å². The number of esters is 4. The lowest BCUT2D eigenvalue weighted by Gasteiger charge is -2.44. The number of rotatable bonds is 11. The zero-order valence-corrected chi connectivity index (χ0v) is 23.5. The van der Waals surface area contributed by atoms with Gasteiger partial charge in [-0.05, 0) is 6.92 Å². The Morgan fingerprint density at radius 3 is 1.97 bits per heavy atom. The van der Waals surface area contributed by atoms with Crippen LogP contribution < -0.4 is 10.6 Å². The van der Waals surface area contributed by atoms with Crippen molar-refractivity contribution in [3.05, 3.63) is 0 Å². The van der Waals surface area contributed by atoms with Crippen molar-refractivity contribution in [3.8, 4) is 0 Å². The Labute approximate surface area is 227 Å². The van der Waals surface area contributed by atoms with Crippen LogP contribution in [0.15, 0.2) is 0 Å². The number of hydrogen-bond acceptors (Lipinski definition) is 13. The molecular formula is C25H40N2O12. The first-order chi connectivity index (χ1) is 18.2. The van der Waals surface area contributed by atoms with Crippen molar-refractivity contribution in [1.29, 1.82) is 0 Å². The smallest absolute Gasteiger partial charge is 0.305 e. The zero-order chi connectivity index (χ0) is 29.3. The summed E-state index contributed by atoms with van der Waals surface area (Å²) >= 11 is 0. The average molecular weight is 561 g/mol. The fourth-order valence-corrected chi connectivity index (χ4v) is 4.01. The van der Waals surface area contributed by atoms with E-state index in [0.29, 0.717) is 26.2 Å². The standard InChI is InChI=1S/C25H40N2O12/c1-13(26-9-8-19-34-11-25(6,7)12-35-19)23(32)27-20-22(37-16(4)30)21(36-15(3)29)18(10-33-14(2)28)39-24(20)38-17(5)31/h13,18-22,24,26H,8-12H2,1-7H3,(H,27,32)/t13-,18+,20+,21+,22+,24-/m0/s1. The molecule has 1 amide bonds. The van der Waals surface area contributed by atoms with Crippen LogP contribution in [0.3, 0.4) is 0 Å². The van der Waals surface area contributed by atoms with Gasteiger partial charge in [0.05, 0.1) is 19.3 Å². The minimum Gasteiger partial charge on any atom is -0.463 e. The van der Waals surface area contributed by atoms with Crippen molar-refractivity contribution in [2.45, 2.75) is 97.9 Å². The highest BCUT2D eigenvalue weighted by Gasteiger charge is 2.52. The lowest BCUT2D eigenvalue weighted by atomic mass is 9.95. The third-order valence-electron chi connectivity index (χ3n) is 5.84. The van der Waals surface area contributed by atoms with Crippen LogP contribution in [0.2, 0.25) is 0 Å². The molecule has 2 fully saturated rings. The minimum atomic E-state index is -1.46. The van der Waals surface area contributed by atoms with E-state index in [4.69, 9.17) is 33.2 Å². The summed E-state index contributed by atoms with van der Waals surface area (Å²) in [6.45, 7) is 11.4. The SMILES string of the molecule is CC(=O)OC[C@H]1O[C@H](OC(C)=O)[C@H](NC(=O)[C@H](C)NCCC2OCC(C)(C)CO2)[C@@H](OC(C)=O)[C@@H]1OC(C)=O. The maximum Gasteiger partial charge on any atom is 0.305 e. The predicted octanol–water partition coefficient (Wildman–Crippen LogP) is -0.0470. The highest BCUT2D eigenvalue weighted by molar-refractivity contribution is 5.82. The third kappa shape index (κ3) is 10.7. The van der Waals surface area contributed by atoms with Gasteiger partial charge in [0, 0.05) is 46.1 Å². The molecule has 2 heterocycles. The summed E-state index contributed by atoms with van der Waals surface area (Å²) in [7, 11) is 0. The van der Waals surface area contributed by atoms with Gasteiger partial charge in [-0.25, -0.2) is 0 Å². The van der Waals surface area contributed by atoms with Crippen LogP contribution in [-0.4, -0.2) is 99.1 Å². The Bertz CT molecular complexity index is 884. The van der Waals surface area contributed by atoms with E-state index in [0.717, 1.165) is 20.8 Å². The number of nitrogens with one attached hydrogen (secondary N) is 2. The predicted molar refractivity (Wildman–Crippen MR) is 132 cm³/mol. The van der Waals surface area contributed by atoms with E-state index < -0.39 is 79.4 Å². The molecule has 0 aliphatic carbocycles. The van der Waals surface area contributed by atoms with E-state index in [1.807, 2.05) is 13.8 Å². The van der Waals surface area contributed by atoms with Gasteiger partial charge in [0.2, 0.25) is 12.2 Å². The molecule has 6 atom stereocenters. The van der Waals surface area contributed by atoms with Gasteiger partial charge in [-0.2, -0.15) is 0 Å². The summed E-state index contributed by atoms with van der Waals surface area (Å²) in [5, 5.41) is 5.74. The topological polar surface area (TPSA) is 174 Å². The normalized spacial score (nSPS) is 27.5. The van der Waals surface area contributed by atoms with Crippen LogP contribution >= 0.6 is 0 Å². The van der Waals surface area contributed by atoms with E-state index in [1.165, 1.54) is 6.92 Å². The number of ether oxygens (including phenoxy) is 7. The van der Waals surface area contributed by atoms with Crippen LogP contribution in [0.1, 0.15) is 54.9 Å². The molecule has 2 aliphatic heterocycles. The lowest BCUT2D eigenvalue weighted by molar-refractivity contribution is -0.271. The Morgan fingerprint density at radius 1 is 0.872 bits per heavy atom. The second kappa shape index (κ2) is 14.5. The summed E-state index contributed by atoms with van der Waals surface area (Å²) < 4.78 is 38.2. The minimum absolute atomic E-state index is 0.0582. The van der Waals surface area contributed by atoms with Gasteiger partial charge in [0.25, 0.3) is 0 Å². The van der Waals surface area contributed by atoms with Gasteiger partial charge in [-0.1, -0.05) is 13.8 Å². The number of carbonyl (C=O) groups excluding carboxylic acids is 5. The lowest BCUT2D eigenvalue weighted by Crippen LogP contribution is -2.68. The molecule has 2 N–H and O–H groups in total. The average Bonchev–Trinajstić information content (AvgIpc) is 2.81. The second-order valence-corrected chi connectivity index (χ2v) is 10.3. The van der Waals surface area contributed by atoms with Gasteiger partial charge in [-0.15, -0.1) is 0 Å². The highest BCUT2D eigenvalue weighted by Crippen LogP contribution is 2.28. The second-order valence-electron chi connectivity index (χ2n) is 10.3. The molecule has 0 bridgehead atoms. The van der Waals surface area contributed by atoms with Gasteiger partial charge >= 0.3 is 23.9 Å². The van der Waals surface area contributed by atoms with Crippen LogP contribution in [0, 0.1) is 5.41 Å². The Balaban J connectivity index is 2.16. The van der Waals surface area contributed by atoms with Crippen LogP contribution in [0.5, 0.6) is 0 Å². The van der Waals surface area contributed by atoms with E-state index in [2.05, 4.69) is 10.6 Å². The number of amides is 1. The molecule has 222 valence electrons. The van der Waals surface area contributed by atoms with Crippen LogP contribution in [-0.2, 0) is 57.1 Å². The third-order valence-corrected chi connectivity index (χ3v) is 5.84. The summed E-state index contributed by atoms with van der Waals surface area (Å²) in [6.07, 6.45) is -5.16. The van der Waals surface area contributed by atoms with Gasteiger partial charge in [-0.3, -0.25) is 24.0 Å². The number of carbonyl (C=O) groups is 5. The first-order valence-corrected chi connectivity index (χ1v) is 12.8. The molecule has 39 heavy (non-hydrogen) atoms. The Morgan fingerprint density at radius 2 is 1.44 bits per heavy atom. The number of hydrogen-bond donors (Lipinski definition) is 2. The monoisotopic (exact) mass is 560 g/mol.